The van der Waals surface area contributed by atoms with E-state index in [1.807, 2.05) is 42.5 Å². The highest BCUT2D eigenvalue weighted by molar-refractivity contribution is 5.78. The first-order valence-electron chi connectivity index (χ1n) is 13.3. The number of nitrogens with zero attached hydrogens (tertiary/aromatic N) is 3. The average Bonchev–Trinajstić information content (AvgIpc) is 2.94. The van der Waals surface area contributed by atoms with Crippen molar-refractivity contribution < 1.29 is 14.2 Å². The Morgan fingerprint density at radius 2 is 1.71 bits per heavy atom. The molecule has 2 aliphatic carbocycles. The van der Waals surface area contributed by atoms with Gasteiger partial charge in [0, 0.05) is 34.6 Å². The Hall–Kier alpha value is -3.77. The van der Waals surface area contributed by atoms with Crippen molar-refractivity contribution in [2.24, 2.45) is 5.92 Å². The molecule has 3 aliphatic rings. The van der Waals surface area contributed by atoms with Gasteiger partial charge in [0.1, 0.15) is 5.82 Å². The van der Waals surface area contributed by atoms with Crippen LogP contribution in [0, 0.1) is 11.7 Å². The molecule has 3 aromatic carbocycles. The predicted molar refractivity (Wildman–Crippen MR) is 145 cm³/mol. The lowest BCUT2D eigenvalue weighted by Gasteiger charge is -2.58. The van der Waals surface area contributed by atoms with Crippen molar-refractivity contribution in [1.29, 1.82) is 0 Å². The zero-order chi connectivity index (χ0) is 26.0. The van der Waals surface area contributed by atoms with Crippen LogP contribution in [-0.2, 0) is 24.7 Å². The molecule has 0 unspecified atom stereocenters. The van der Waals surface area contributed by atoms with Crippen LogP contribution in [-0.4, -0.2) is 46.7 Å². The van der Waals surface area contributed by atoms with Gasteiger partial charge in [-0.15, -0.1) is 0 Å². The molecule has 2 bridgehead atoms. The lowest BCUT2D eigenvalue weighted by Crippen LogP contribution is -2.61. The van der Waals surface area contributed by atoms with E-state index < -0.39 is 0 Å². The summed E-state index contributed by atoms with van der Waals surface area (Å²) in [6.07, 6.45) is 3.23. The molecule has 4 aromatic rings. The van der Waals surface area contributed by atoms with Crippen molar-refractivity contribution in [3.63, 3.8) is 0 Å². The second-order valence-electron chi connectivity index (χ2n) is 11.0. The number of methoxy groups -OCH3 is 1. The number of aromatic nitrogens is 2. The fraction of sp³-hybridized carbons (Fsp3) is 0.312. The van der Waals surface area contributed by atoms with Crippen molar-refractivity contribution in [3.8, 4) is 34.0 Å². The van der Waals surface area contributed by atoms with Crippen molar-refractivity contribution in [3.05, 3.63) is 95.1 Å². The maximum atomic E-state index is 15.1. The Morgan fingerprint density at radius 1 is 0.947 bits per heavy atom. The van der Waals surface area contributed by atoms with E-state index in [1.165, 1.54) is 11.6 Å². The van der Waals surface area contributed by atoms with Gasteiger partial charge in [-0.05, 0) is 62.5 Å². The minimum absolute atomic E-state index is 0.251. The highest BCUT2D eigenvalue weighted by atomic mass is 19.1. The van der Waals surface area contributed by atoms with E-state index >= 15 is 4.39 Å². The number of rotatable bonds is 3. The van der Waals surface area contributed by atoms with Gasteiger partial charge in [0.05, 0.1) is 29.9 Å². The van der Waals surface area contributed by atoms with Crippen LogP contribution in [0.4, 0.5) is 4.39 Å². The molecule has 2 heterocycles. The van der Waals surface area contributed by atoms with Crippen LogP contribution in [0.3, 0.4) is 0 Å². The molecule has 0 radical (unpaired) electrons. The van der Waals surface area contributed by atoms with Crippen molar-refractivity contribution >= 4 is 0 Å². The number of fused-ring (bicyclic) bond motifs is 2. The molecule has 1 saturated heterocycles. The minimum Gasteiger partial charge on any atom is -0.504 e. The Labute approximate surface area is 222 Å². The summed E-state index contributed by atoms with van der Waals surface area (Å²) in [5.41, 5.74) is 6.51. The Morgan fingerprint density at radius 3 is 2.50 bits per heavy atom. The van der Waals surface area contributed by atoms with Gasteiger partial charge in [0.15, 0.2) is 11.5 Å². The molecular formula is C32H30FN3O2. The quantitative estimate of drug-likeness (QED) is 0.393. The van der Waals surface area contributed by atoms with Gasteiger partial charge in [0.25, 0.3) is 0 Å². The number of phenols is 1. The van der Waals surface area contributed by atoms with Gasteiger partial charge in [-0.1, -0.05) is 48.5 Å². The molecule has 3 atom stereocenters. The second-order valence-corrected chi connectivity index (χ2v) is 11.0. The van der Waals surface area contributed by atoms with E-state index in [1.54, 1.807) is 19.2 Å². The SMILES string of the molecule is COc1ccc2c(c1O)[C@@]13CCN(C)[C@@H](C2)[C@H]1Cc1nc(-c2ccccc2F)c(-c2ccccc2)nc1C3. The first-order chi connectivity index (χ1) is 18.5. The van der Waals surface area contributed by atoms with Crippen LogP contribution in [0.5, 0.6) is 11.5 Å². The zero-order valence-corrected chi connectivity index (χ0v) is 21.6. The molecule has 38 heavy (non-hydrogen) atoms. The van der Waals surface area contributed by atoms with Crippen LogP contribution in [0.2, 0.25) is 0 Å². The third-order valence-corrected chi connectivity index (χ3v) is 9.15. The fourth-order valence-corrected chi connectivity index (χ4v) is 7.34. The minimum atomic E-state index is -0.300. The lowest BCUT2D eigenvalue weighted by molar-refractivity contribution is 0.0210. The number of piperidine rings is 1. The summed E-state index contributed by atoms with van der Waals surface area (Å²) in [7, 11) is 3.81. The standard InChI is InChI=1S/C32H30FN3O2/c1-36-15-14-32-18-25-24(17-22(32)26(36)16-20-12-13-27(38-2)31(37)28(20)32)34-30(21-10-6-7-11-23(21)33)29(35-25)19-8-4-3-5-9-19/h3-13,22,26,37H,14-18H2,1-2H3/t22-,26+,32-/m1/s1. The highest BCUT2D eigenvalue weighted by Crippen LogP contribution is 2.57. The van der Waals surface area contributed by atoms with Gasteiger partial charge in [-0.25, -0.2) is 14.4 Å². The summed E-state index contributed by atoms with van der Waals surface area (Å²) >= 11 is 0. The lowest BCUT2D eigenvalue weighted by atomic mass is 9.52. The summed E-state index contributed by atoms with van der Waals surface area (Å²) in [4.78, 5) is 12.9. The molecule has 1 N–H and O–H groups in total. The summed E-state index contributed by atoms with van der Waals surface area (Å²) in [6, 6.07) is 21.1. The number of halogens is 1. The van der Waals surface area contributed by atoms with E-state index in [2.05, 4.69) is 18.0 Å². The second kappa shape index (κ2) is 8.63. The zero-order valence-electron chi connectivity index (χ0n) is 21.6. The molecule has 7 rings (SSSR count). The van der Waals surface area contributed by atoms with Crippen LogP contribution >= 0.6 is 0 Å². The molecule has 6 heteroatoms. The number of aromatic hydroxyl groups is 1. The summed E-state index contributed by atoms with van der Waals surface area (Å²) in [6.45, 7) is 0.957. The molecule has 1 fully saturated rings. The van der Waals surface area contributed by atoms with Crippen molar-refractivity contribution in [1.82, 2.24) is 14.9 Å². The number of hydrogen-bond donors (Lipinski definition) is 1. The molecule has 0 spiro atoms. The van der Waals surface area contributed by atoms with Crippen LogP contribution < -0.4 is 4.74 Å². The number of likely N-dealkylation sites (N-methyl/N-ethyl adjacent to an activating group) is 1. The summed E-state index contributed by atoms with van der Waals surface area (Å²) < 4.78 is 20.6. The van der Waals surface area contributed by atoms with Crippen LogP contribution in [0.25, 0.3) is 22.5 Å². The molecule has 0 saturated carbocycles. The molecule has 5 nitrogen and oxygen atoms in total. The topological polar surface area (TPSA) is 58.5 Å². The Balaban J connectivity index is 1.46. The fourth-order valence-electron chi connectivity index (χ4n) is 7.34. The highest BCUT2D eigenvalue weighted by Gasteiger charge is 2.56. The number of phenolic OH excluding ortho intramolecular Hbond substituents is 1. The van der Waals surface area contributed by atoms with Gasteiger partial charge < -0.3 is 14.7 Å². The van der Waals surface area contributed by atoms with E-state index in [4.69, 9.17) is 14.7 Å². The Bertz CT molecular complexity index is 1560. The van der Waals surface area contributed by atoms with Gasteiger partial charge in [0.2, 0.25) is 0 Å². The van der Waals surface area contributed by atoms with E-state index in [9.17, 15) is 5.11 Å². The van der Waals surface area contributed by atoms with Crippen LogP contribution in [0.15, 0.2) is 66.7 Å². The summed E-state index contributed by atoms with van der Waals surface area (Å²) in [5, 5.41) is 11.4. The maximum absolute atomic E-state index is 15.1. The first kappa shape index (κ1) is 23.4. The molecule has 1 aromatic heterocycles. The van der Waals surface area contributed by atoms with E-state index in [-0.39, 0.29) is 22.9 Å². The number of benzene rings is 3. The van der Waals surface area contributed by atoms with E-state index in [0.717, 1.165) is 48.3 Å². The number of hydrogen-bond acceptors (Lipinski definition) is 5. The molecular weight excluding hydrogens is 477 g/mol. The molecule has 192 valence electrons. The van der Waals surface area contributed by atoms with Crippen molar-refractivity contribution in [2.75, 3.05) is 20.7 Å². The largest absolute Gasteiger partial charge is 0.504 e. The first-order valence-corrected chi connectivity index (χ1v) is 13.3. The van der Waals surface area contributed by atoms with Gasteiger partial charge >= 0.3 is 0 Å². The normalized spacial score (nSPS) is 23.8. The molecule has 0 amide bonds. The number of ether oxygens (including phenoxy) is 1. The monoisotopic (exact) mass is 507 g/mol. The third-order valence-electron chi connectivity index (χ3n) is 9.15. The van der Waals surface area contributed by atoms with Gasteiger partial charge in [-0.3, -0.25) is 0 Å². The Kier molecular flexibility index (Phi) is 5.31. The summed E-state index contributed by atoms with van der Waals surface area (Å²) in [5.74, 6) is 0.753. The van der Waals surface area contributed by atoms with Gasteiger partial charge in [-0.2, -0.15) is 0 Å². The smallest absolute Gasteiger partial charge is 0.161 e. The van der Waals surface area contributed by atoms with E-state index in [0.29, 0.717) is 35.2 Å². The predicted octanol–water partition coefficient (Wildman–Crippen LogP) is 5.58. The van der Waals surface area contributed by atoms with Crippen molar-refractivity contribution in [2.45, 2.75) is 37.1 Å². The third kappa shape index (κ3) is 3.33. The maximum Gasteiger partial charge on any atom is 0.161 e. The number of likely N-dealkylation sites (tertiary alicyclic amines) is 1. The average molecular weight is 508 g/mol. The molecule has 1 aliphatic heterocycles. The van der Waals surface area contributed by atoms with Crippen LogP contribution in [0.1, 0.15) is 28.9 Å².